The average molecular weight is 359 g/mol. The van der Waals surface area contributed by atoms with Crippen molar-refractivity contribution in [3.63, 3.8) is 0 Å². The third-order valence-electron chi connectivity index (χ3n) is 4.04. The van der Waals surface area contributed by atoms with E-state index >= 15 is 0 Å². The van der Waals surface area contributed by atoms with Gasteiger partial charge < -0.3 is 9.88 Å². The number of hydrogen-bond donors (Lipinski definition) is 1. The Bertz CT molecular complexity index is 1020. The van der Waals surface area contributed by atoms with Crippen LogP contribution in [0.25, 0.3) is 17.1 Å². The number of tetrazole rings is 1. The molecule has 134 valence electrons. The van der Waals surface area contributed by atoms with Gasteiger partial charge in [0.1, 0.15) is 12.4 Å². The summed E-state index contributed by atoms with van der Waals surface area (Å²) in [5.74, 6) is 1.16. The molecule has 0 spiro atoms. The number of hydrogen-bond acceptors (Lipinski definition) is 5. The number of imidazole rings is 1. The van der Waals surface area contributed by atoms with Crippen LogP contribution in [0.5, 0.6) is 0 Å². The lowest BCUT2D eigenvalue weighted by molar-refractivity contribution is -0.121. The Balaban J connectivity index is 1.42. The van der Waals surface area contributed by atoms with E-state index < -0.39 is 0 Å². The highest BCUT2D eigenvalue weighted by Gasteiger charge is 2.12. The molecule has 0 saturated heterocycles. The second-order valence-electron chi connectivity index (χ2n) is 5.86. The van der Waals surface area contributed by atoms with Crippen molar-refractivity contribution in [2.75, 3.05) is 0 Å². The van der Waals surface area contributed by atoms with Gasteiger partial charge in [0.2, 0.25) is 5.91 Å². The van der Waals surface area contributed by atoms with Crippen molar-refractivity contribution in [3.8, 4) is 17.1 Å². The number of benzene rings is 2. The van der Waals surface area contributed by atoms with E-state index in [-0.39, 0.29) is 19.0 Å². The second kappa shape index (κ2) is 7.61. The Hall–Kier alpha value is -3.81. The van der Waals surface area contributed by atoms with Crippen molar-refractivity contribution in [2.24, 2.45) is 0 Å². The van der Waals surface area contributed by atoms with Crippen LogP contribution in [-0.2, 0) is 17.9 Å². The van der Waals surface area contributed by atoms with E-state index in [0.717, 1.165) is 17.1 Å². The third-order valence-corrected chi connectivity index (χ3v) is 4.04. The Morgan fingerprint density at radius 2 is 1.74 bits per heavy atom. The zero-order chi connectivity index (χ0) is 18.5. The molecule has 0 unspecified atom stereocenters. The summed E-state index contributed by atoms with van der Waals surface area (Å²) in [4.78, 5) is 16.7. The molecular weight excluding hydrogens is 342 g/mol. The molecule has 4 rings (SSSR count). The molecule has 0 aliphatic rings. The number of carbonyl (C=O) groups excluding carboxylic acids is 1. The fourth-order valence-electron chi connectivity index (χ4n) is 2.76. The number of amides is 1. The molecule has 2 aromatic carbocycles. The number of nitrogens with one attached hydrogen (secondary N) is 1. The third kappa shape index (κ3) is 3.74. The van der Waals surface area contributed by atoms with Gasteiger partial charge in [-0.3, -0.25) is 4.79 Å². The Morgan fingerprint density at radius 1 is 1.00 bits per heavy atom. The minimum atomic E-state index is -0.146. The van der Waals surface area contributed by atoms with Crippen molar-refractivity contribution in [3.05, 3.63) is 78.9 Å². The predicted octanol–water partition coefficient (Wildman–Crippen LogP) is 1.84. The summed E-state index contributed by atoms with van der Waals surface area (Å²) < 4.78 is 3.41. The first-order chi connectivity index (χ1) is 13.3. The van der Waals surface area contributed by atoms with Gasteiger partial charge in [0, 0.05) is 18.0 Å². The van der Waals surface area contributed by atoms with Gasteiger partial charge in [0.05, 0.1) is 12.2 Å². The number of rotatable bonds is 6. The summed E-state index contributed by atoms with van der Waals surface area (Å²) in [6.45, 7) is 0.396. The molecule has 8 nitrogen and oxygen atoms in total. The minimum absolute atomic E-state index is 0.146. The fraction of sp³-hybridized carbons (Fsp3) is 0.105. The van der Waals surface area contributed by atoms with E-state index in [9.17, 15) is 4.79 Å². The number of carbonyl (C=O) groups is 1. The molecule has 8 heteroatoms. The van der Waals surface area contributed by atoms with E-state index in [1.165, 1.54) is 0 Å². The zero-order valence-corrected chi connectivity index (χ0v) is 14.4. The normalized spacial score (nSPS) is 10.7. The van der Waals surface area contributed by atoms with Gasteiger partial charge in [-0.2, -0.15) is 4.68 Å². The van der Waals surface area contributed by atoms with Crippen molar-refractivity contribution >= 4 is 5.91 Å². The van der Waals surface area contributed by atoms with Crippen molar-refractivity contribution < 1.29 is 4.79 Å². The lowest BCUT2D eigenvalue weighted by Crippen LogP contribution is -2.28. The lowest BCUT2D eigenvalue weighted by Gasteiger charge is -2.09. The van der Waals surface area contributed by atoms with Crippen LogP contribution >= 0.6 is 0 Å². The maximum Gasteiger partial charge on any atom is 0.240 e. The minimum Gasteiger partial charge on any atom is -0.347 e. The number of aromatic nitrogens is 6. The quantitative estimate of drug-likeness (QED) is 0.567. The topological polar surface area (TPSA) is 90.5 Å². The first-order valence-electron chi connectivity index (χ1n) is 8.47. The fourth-order valence-corrected chi connectivity index (χ4v) is 2.76. The molecule has 0 saturated carbocycles. The van der Waals surface area contributed by atoms with Gasteiger partial charge in [0.15, 0.2) is 5.82 Å². The van der Waals surface area contributed by atoms with Gasteiger partial charge in [-0.25, -0.2) is 4.98 Å². The van der Waals surface area contributed by atoms with E-state index in [0.29, 0.717) is 5.82 Å². The van der Waals surface area contributed by atoms with Crippen molar-refractivity contribution in [2.45, 2.75) is 13.1 Å². The van der Waals surface area contributed by atoms with Crippen LogP contribution in [-0.4, -0.2) is 35.7 Å². The Morgan fingerprint density at radius 3 is 2.52 bits per heavy atom. The SMILES string of the molecule is O=C(Cn1ccnc1-c1ccccc1)NCc1nnnn1-c1ccccc1. The van der Waals surface area contributed by atoms with Gasteiger partial charge in [-0.15, -0.1) is 5.10 Å². The number of nitrogens with zero attached hydrogens (tertiary/aromatic N) is 6. The van der Waals surface area contributed by atoms with Crippen LogP contribution in [0.1, 0.15) is 5.82 Å². The molecule has 0 aliphatic heterocycles. The molecule has 0 atom stereocenters. The maximum atomic E-state index is 12.4. The predicted molar refractivity (Wildman–Crippen MR) is 98.7 cm³/mol. The molecule has 0 aliphatic carbocycles. The highest BCUT2D eigenvalue weighted by Crippen LogP contribution is 2.16. The monoisotopic (exact) mass is 359 g/mol. The molecule has 4 aromatic rings. The summed E-state index contributed by atoms with van der Waals surface area (Å²) in [6.07, 6.45) is 3.47. The van der Waals surface area contributed by atoms with Gasteiger partial charge in [0.25, 0.3) is 0 Å². The van der Waals surface area contributed by atoms with E-state index in [4.69, 9.17) is 0 Å². The summed E-state index contributed by atoms with van der Waals surface area (Å²) in [7, 11) is 0. The van der Waals surface area contributed by atoms with Crippen LogP contribution in [0.4, 0.5) is 0 Å². The summed E-state index contributed by atoms with van der Waals surface area (Å²) in [5.41, 5.74) is 1.80. The lowest BCUT2D eigenvalue weighted by atomic mass is 10.2. The largest absolute Gasteiger partial charge is 0.347 e. The van der Waals surface area contributed by atoms with Crippen LogP contribution in [0.15, 0.2) is 73.1 Å². The van der Waals surface area contributed by atoms with Crippen LogP contribution < -0.4 is 5.32 Å². The molecule has 2 heterocycles. The Kier molecular flexibility index (Phi) is 4.69. The van der Waals surface area contributed by atoms with E-state index in [1.807, 2.05) is 65.2 Å². The highest BCUT2D eigenvalue weighted by molar-refractivity contribution is 5.76. The molecule has 0 radical (unpaired) electrons. The van der Waals surface area contributed by atoms with E-state index in [2.05, 4.69) is 25.8 Å². The Labute approximate surface area is 155 Å². The van der Waals surface area contributed by atoms with Gasteiger partial charge in [-0.05, 0) is 22.6 Å². The first kappa shape index (κ1) is 16.6. The zero-order valence-electron chi connectivity index (χ0n) is 14.4. The summed E-state index contributed by atoms with van der Waals surface area (Å²) >= 11 is 0. The number of para-hydroxylation sites is 1. The molecule has 2 aromatic heterocycles. The molecule has 0 fully saturated rings. The van der Waals surface area contributed by atoms with Crippen molar-refractivity contribution in [1.29, 1.82) is 0 Å². The molecule has 0 bridgehead atoms. The summed E-state index contributed by atoms with van der Waals surface area (Å²) in [5, 5.41) is 14.5. The van der Waals surface area contributed by atoms with Gasteiger partial charge in [-0.1, -0.05) is 48.5 Å². The first-order valence-corrected chi connectivity index (χ1v) is 8.47. The van der Waals surface area contributed by atoms with Crippen molar-refractivity contribution in [1.82, 2.24) is 35.1 Å². The standard InChI is InChI=1S/C19H17N7O/c27-18(14-25-12-11-20-19(25)15-7-3-1-4-8-15)21-13-17-22-23-24-26(17)16-9-5-2-6-10-16/h1-12H,13-14H2,(H,21,27). The molecule has 27 heavy (non-hydrogen) atoms. The van der Waals surface area contributed by atoms with Gasteiger partial charge >= 0.3 is 0 Å². The van der Waals surface area contributed by atoms with Crippen LogP contribution in [0.2, 0.25) is 0 Å². The second-order valence-corrected chi connectivity index (χ2v) is 5.86. The highest BCUT2D eigenvalue weighted by atomic mass is 16.1. The molecule has 1 amide bonds. The average Bonchev–Trinajstić information content (AvgIpc) is 3.37. The molecular formula is C19H17N7O. The maximum absolute atomic E-state index is 12.4. The van der Waals surface area contributed by atoms with E-state index in [1.54, 1.807) is 17.1 Å². The smallest absolute Gasteiger partial charge is 0.240 e. The molecule has 1 N–H and O–H groups in total. The van der Waals surface area contributed by atoms with Crippen LogP contribution in [0.3, 0.4) is 0 Å². The summed E-state index contributed by atoms with van der Waals surface area (Å²) in [6, 6.07) is 19.3. The van der Waals surface area contributed by atoms with Crippen LogP contribution in [0, 0.1) is 0 Å².